The third-order valence-electron chi connectivity index (χ3n) is 3.82. The fourth-order valence-corrected chi connectivity index (χ4v) is 2.93. The normalized spacial score (nSPS) is 10.5. The number of aromatic nitrogens is 2. The second-order valence-corrected chi connectivity index (χ2v) is 5.91. The van der Waals surface area contributed by atoms with Gasteiger partial charge >= 0.3 is 0 Å². The molecule has 2 aromatic carbocycles. The molecule has 1 N–H and O–H groups in total. The molecule has 0 bridgehead atoms. The number of methoxy groups -OCH3 is 1. The van der Waals surface area contributed by atoms with Crippen molar-refractivity contribution in [2.24, 2.45) is 0 Å². The van der Waals surface area contributed by atoms with Gasteiger partial charge in [-0.3, -0.25) is 4.79 Å². The van der Waals surface area contributed by atoms with Crippen LogP contribution in [0.4, 0.5) is 5.69 Å². The predicted molar refractivity (Wildman–Crippen MR) is 98.5 cm³/mol. The highest BCUT2D eigenvalue weighted by Crippen LogP contribution is 2.26. The highest BCUT2D eigenvalue weighted by molar-refractivity contribution is 6.33. The number of rotatable bonds is 5. The van der Waals surface area contributed by atoms with Crippen molar-refractivity contribution in [2.75, 3.05) is 12.4 Å². The summed E-state index contributed by atoms with van der Waals surface area (Å²) in [6.45, 7) is 2.27. The van der Waals surface area contributed by atoms with Crippen LogP contribution in [-0.2, 0) is 6.54 Å². The molecular weight excluding hydrogens is 338 g/mol. The Morgan fingerprint density at radius 3 is 2.56 bits per heavy atom. The lowest BCUT2D eigenvalue weighted by Crippen LogP contribution is -2.14. The van der Waals surface area contributed by atoms with Crippen molar-refractivity contribution in [3.05, 3.63) is 76.6 Å². The second kappa shape index (κ2) is 7.40. The molecule has 0 fully saturated rings. The average Bonchev–Trinajstić information content (AvgIpc) is 2.90. The highest BCUT2D eigenvalue weighted by atomic mass is 35.5. The summed E-state index contributed by atoms with van der Waals surface area (Å²) in [5, 5.41) is 7.55. The summed E-state index contributed by atoms with van der Waals surface area (Å²) in [6.07, 6.45) is 0. The molecular formula is C19H18ClN3O2. The van der Waals surface area contributed by atoms with Crippen molar-refractivity contribution in [1.29, 1.82) is 0 Å². The van der Waals surface area contributed by atoms with Crippen LogP contribution in [0.3, 0.4) is 0 Å². The van der Waals surface area contributed by atoms with Gasteiger partial charge in [-0.05, 0) is 24.6 Å². The maximum absolute atomic E-state index is 12.7. The minimum Gasteiger partial charge on any atom is -0.495 e. The molecule has 0 saturated carbocycles. The Kier molecular flexibility index (Phi) is 5.05. The molecule has 0 aliphatic heterocycles. The van der Waals surface area contributed by atoms with Crippen molar-refractivity contribution in [3.63, 3.8) is 0 Å². The van der Waals surface area contributed by atoms with E-state index in [0.29, 0.717) is 34.4 Å². The number of anilines is 1. The number of amides is 1. The van der Waals surface area contributed by atoms with Crippen LogP contribution in [0.1, 0.15) is 21.6 Å². The molecule has 0 aliphatic carbocycles. The Bertz CT molecular complexity index is 891. The van der Waals surface area contributed by atoms with E-state index in [2.05, 4.69) is 10.4 Å². The molecule has 1 heterocycles. The minimum absolute atomic E-state index is 0.314. The van der Waals surface area contributed by atoms with E-state index >= 15 is 0 Å². The van der Waals surface area contributed by atoms with Gasteiger partial charge in [-0.25, -0.2) is 4.68 Å². The molecule has 0 aliphatic rings. The summed E-state index contributed by atoms with van der Waals surface area (Å²) >= 11 is 6.42. The maximum Gasteiger partial charge on any atom is 0.260 e. The average molecular weight is 356 g/mol. The van der Waals surface area contributed by atoms with E-state index in [4.69, 9.17) is 16.3 Å². The van der Waals surface area contributed by atoms with Crippen molar-refractivity contribution in [2.45, 2.75) is 13.5 Å². The number of aryl methyl sites for hydroxylation is 1. The SMILES string of the molecule is COc1ccccc1NC(=O)c1c(C)nn(Cc2ccccc2)c1Cl. The van der Waals surface area contributed by atoms with Crippen LogP contribution in [0.5, 0.6) is 5.75 Å². The number of hydrogen-bond acceptors (Lipinski definition) is 3. The molecule has 1 amide bonds. The van der Waals surface area contributed by atoms with Crippen LogP contribution in [0.15, 0.2) is 54.6 Å². The van der Waals surface area contributed by atoms with Gasteiger partial charge in [0.15, 0.2) is 0 Å². The first-order valence-electron chi connectivity index (χ1n) is 7.81. The number of hydrogen-bond donors (Lipinski definition) is 1. The van der Waals surface area contributed by atoms with Gasteiger partial charge in [0.25, 0.3) is 5.91 Å². The van der Waals surface area contributed by atoms with Crippen LogP contribution < -0.4 is 10.1 Å². The summed E-state index contributed by atoms with van der Waals surface area (Å²) in [7, 11) is 1.56. The van der Waals surface area contributed by atoms with Gasteiger partial charge in [-0.15, -0.1) is 0 Å². The smallest absolute Gasteiger partial charge is 0.260 e. The minimum atomic E-state index is -0.314. The summed E-state index contributed by atoms with van der Waals surface area (Å²) in [6, 6.07) is 17.0. The van der Waals surface area contributed by atoms with Crippen LogP contribution in [-0.4, -0.2) is 22.8 Å². The first-order chi connectivity index (χ1) is 12.1. The molecule has 0 atom stereocenters. The fraction of sp³-hybridized carbons (Fsp3) is 0.158. The summed E-state index contributed by atoms with van der Waals surface area (Å²) < 4.78 is 6.89. The maximum atomic E-state index is 12.7. The number of para-hydroxylation sites is 2. The van der Waals surface area contributed by atoms with Crippen molar-refractivity contribution in [3.8, 4) is 5.75 Å². The van der Waals surface area contributed by atoms with E-state index in [1.807, 2.05) is 42.5 Å². The highest BCUT2D eigenvalue weighted by Gasteiger charge is 2.21. The third kappa shape index (κ3) is 3.67. The van der Waals surface area contributed by atoms with E-state index in [0.717, 1.165) is 5.56 Å². The largest absolute Gasteiger partial charge is 0.495 e. The number of carbonyl (C=O) groups is 1. The van der Waals surface area contributed by atoms with Gasteiger partial charge in [0.1, 0.15) is 10.9 Å². The van der Waals surface area contributed by atoms with Crippen molar-refractivity contribution >= 4 is 23.2 Å². The topological polar surface area (TPSA) is 56.1 Å². The Morgan fingerprint density at radius 1 is 1.16 bits per heavy atom. The van der Waals surface area contributed by atoms with Gasteiger partial charge in [0.2, 0.25) is 0 Å². The van der Waals surface area contributed by atoms with E-state index < -0.39 is 0 Å². The van der Waals surface area contributed by atoms with Crippen molar-refractivity contribution in [1.82, 2.24) is 9.78 Å². The van der Waals surface area contributed by atoms with Crippen molar-refractivity contribution < 1.29 is 9.53 Å². The molecule has 5 nitrogen and oxygen atoms in total. The van der Waals surface area contributed by atoms with E-state index in [1.165, 1.54) is 0 Å². The lowest BCUT2D eigenvalue weighted by molar-refractivity contribution is 0.102. The zero-order valence-electron chi connectivity index (χ0n) is 14.0. The first-order valence-corrected chi connectivity index (χ1v) is 8.19. The number of ether oxygens (including phenoxy) is 1. The zero-order valence-corrected chi connectivity index (χ0v) is 14.7. The Morgan fingerprint density at radius 2 is 1.84 bits per heavy atom. The second-order valence-electron chi connectivity index (χ2n) is 5.55. The Hall–Kier alpha value is -2.79. The fourth-order valence-electron chi connectivity index (χ4n) is 2.61. The molecule has 6 heteroatoms. The van der Waals surface area contributed by atoms with Gasteiger partial charge in [0.05, 0.1) is 30.6 Å². The Balaban J connectivity index is 1.86. The standard InChI is InChI=1S/C19H18ClN3O2/c1-13-17(19(24)21-15-10-6-7-11-16(15)25-2)18(20)23(22-13)12-14-8-4-3-5-9-14/h3-11H,12H2,1-2H3,(H,21,24). The lowest BCUT2D eigenvalue weighted by Gasteiger charge is -2.09. The monoisotopic (exact) mass is 355 g/mol. The van der Waals surface area contributed by atoms with Gasteiger partial charge < -0.3 is 10.1 Å². The van der Waals surface area contributed by atoms with E-state index in [9.17, 15) is 4.79 Å². The zero-order chi connectivity index (χ0) is 17.8. The van der Waals surface area contributed by atoms with Crippen LogP contribution in [0.25, 0.3) is 0 Å². The number of nitrogens with one attached hydrogen (secondary N) is 1. The van der Waals surface area contributed by atoms with Crippen LogP contribution >= 0.6 is 11.6 Å². The molecule has 25 heavy (non-hydrogen) atoms. The molecule has 0 unspecified atom stereocenters. The quantitative estimate of drug-likeness (QED) is 0.747. The molecule has 0 spiro atoms. The predicted octanol–water partition coefficient (Wildman–Crippen LogP) is 4.15. The number of nitrogens with zero attached hydrogens (tertiary/aromatic N) is 2. The van der Waals surface area contributed by atoms with Gasteiger partial charge in [0, 0.05) is 0 Å². The number of halogens is 1. The third-order valence-corrected chi connectivity index (χ3v) is 4.21. The van der Waals surface area contributed by atoms with E-state index in [1.54, 1.807) is 30.8 Å². The summed E-state index contributed by atoms with van der Waals surface area (Å²) in [5.41, 5.74) is 2.58. The number of carbonyl (C=O) groups excluding carboxylic acids is 1. The summed E-state index contributed by atoms with van der Waals surface area (Å²) in [4.78, 5) is 12.7. The molecule has 0 radical (unpaired) electrons. The molecule has 3 aromatic rings. The molecule has 1 aromatic heterocycles. The number of benzene rings is 2. The molecule has 0 saturated heterocycles. The van der Waals surface area contributed by atoms with Crippen LogP contribution in [0.2, 0.25) is 5.15 Å². The first kappa shape index (κ1) is 17.0. The van der Waals surface area contributed by atoms with Gasteiger partial charge in [-0.2, -0.15) is 5.10 Å². The lowest BCUT2D eigenvalue weighted by atomic mass is 10.2. The van der Waals surface area contributed by atoms with Crippen LogP contribution in [0, 0.1) is 6.92 Å². The molecule has 3 rings (SSSR count). The van der Waals surface area contributed by atoms with E-state index in [-0.39, 0.29) is 5.91 Å². The summed E-state index contributed by atoms with van der Waals surface area (Å²) in [5.74, 6) is 0.271. The van der Waals surface area contributed by atoms with Gasteiger partial charge in [-0.1, -0.05) is 54.1 Å². The molecule has 128 valence electrons. The Labute approximate surface area is 151 Å².